The van der Waals surface area contributed by atoms with Gasteiger partial charge in [-0.05, 0) is 24.5 Å². The minimum atomic E-state index is -1.12. The van der Waals surface area contributed by atoms with Gasteiger partial charge in [-0.3, -0.25) is 19.4 Å². The fourth-order valence-electron chi connectivity index (χ4n) is 4.31. The van der Waals surface area contributed by atoms with E-state index in [2.05, 4.69) is 22.0 Å². The second kappa shape index (κ2) is 10.0. The highest BCUT2D eigenvalue weighted by atomic mass is 32.2. The van der Waals surface area contributed by atoms with Crippen LogP contribution in [0, 0.1) is 0 Å². The first-order valence-corrected chi connectivity index (χ1v) is 13.2. The highest BCUT2D eigenvalue weighted by Gasteiger charge is 2.54. The molecule has 0 spiro atoms. The maximum atomic E-state index is 13.6. The number of nitrogens with zero attached hydrogens (tertiary/aromatic N) is 3. The number of hydrogen-bond acceptors (Lipinski definition) is 7. The van der Waals surface area contributed by atoms with Crippen molar-refractivity contribution in [2.45, 2.75) is 37.7 Å². The topological polar surface area (TPSA) is 93.2 Å². The van der Waals surface area contributed by atoms with Gasteiger partial charge in [0, 0.05) is 12.3 Å². The van der Waals surface area contributed by atoms with E-state index < -0.39 is 23.4 Å². The molecule has 3 aliphatic rings. The van der Waals surface area contributed by atoms with Crippen molar-refractivity contribution in [1.29, 1.82) is 0 Å². The average molecular weight is 507 g/mol. The second-order valence-corrected chi connectivity index (χ2v) is 10.9. The summed E-state index contributed by atoms with van der Waals surface area (Å²) in [6.07, 6.45) is 0.945. The molecule has 0 saturated carbocycles. The maximum Gasteiger partial charge on any atom is 0.352 e. The Morgan fingerprint density at radius 2 is 2.03 bits per heavy atom. The van der Waals surface area contributed by atoms with E-state index in [9.17, 15) is 19.5 Å². The molecular formula is C22H26N4O4S3. The molecule has 1 aromatic carbocycles. The Hall–Kier alpha value is -2.08. The number of carbonyl (C=O) groups excluding carboxylic acids is 2. The van der Waals surface area contributed by atoms with Gasteiger partial charge in [0.25, 0.3) is 5.91 Å². The van der Waals surface area contributed by atoms with E-state index in [0.29, 0.717) is 23.9 Å². The zero-order valence-corrected chi connectivity index (χ0v) is 20.8. The number of carboxylic acids is 1. The molecule has 11 heteroatoms. The minimum absolute atomic E-state index is 0.0324. The number of thiocarbonyl (C=S) groups is 1. The number of fused-ring (bicyclic) bond motifs is 1. The van der Waals surface area contributed by atoms with Crippen LogP contribution in [0.3, 0.4) is 0 Å². The van der Waals surface area contributed by atoms with E-state index in [1.165, 1.54) is 28.4 Å². The largest absolute Gasteiger partial charge is 0.477 e. The molecule has 176 valence electrons. The number of amides is 2. The summed E-state index contributed by atoms with van der Waals surface area (Å²) in [7, 11) is 0. The van der Waals surface area contributed by atoms with Crippen molar-refractivity contribution >= 4 is 57.8 Å². The van der Waals surface area contributed by atoms with Gasteiger partial charge >= 0.3 is 5.97 Å². The lowest BCUT2D eigenvalue weighted by molar-refractivity contribution is -0.151. The van der Waals surface area contributed by atoms with Gasteiger partial charge in [-0.2, -0.15) is 0 Å². The third kappa shape index (κ3) is 4.64. The lowest BCUT2D eigenvalue weighted by Crippen LogP contribution is -2.71. The fourth-order valence-corrected chi connectivity index (χ4v) is 6.74. The van der Waals surface area contributed by atoms with Crippen LogP contribution in [-0.2, 0) is 14.4 Å². The number of nitrogens with one attached hydrogen (secondary N) is 1. The number of rotatable bonds is 7. The first-order valence-electron chi connectivity index (χ1n) is 10.7. The highest BCUT2D eigenvalue weighted by molar-refractivity contribution is 8.22. The second-order valence-electron chi connectivity index (χ2n) is 8.18. The Bertz CT molecular complexity index is 1000. The number of β-lactam (4-membered cyclic amide) rings is 1. The van der Waals surface area contributed by atoms with E-state index in [0.717, 1.165) is 22.8 Å². The van der Waals surface area contributed by atoms with Crippen molar-refractivity contribution in [2.24, 2.45) is 0 Å². The Kier molecular flexibility index (Phi) is 7.32. The molecule has 3 aliphatic heterocycles. The number of hydrogen-bond donors (Lipinski definition) is 2. The van der Waals surface area contributed by atoms with E-state index in [1.807, 2.05) is 30.3 Å². The van der Waals surface area contributed by atoms with E-state index in [1.54, 1.807) is 6.92 Å². The Balaban J connectivity index is 1.54. The molecule has 0 radical (unpaired) electrons. The maximum absolute atomic E-state index is 13.6. The van der Waals surface area contributed by atoms with Gasteiger partial charge in [-0.15, -0.1) is 11.8 Å². The van der Waals surface area contributed by atoms with Crippen LogP contribution in [0.25, 0.3) is 0 Å². The van der Waals surface area contributed by atoms with Crippen LogP contribution in [-0.4, -0.2) is 78.2 Å². The van der Waals surface area contributed by atoms with Crippen LogP contribution in [0.4, 0.5) is 0 Å². The van der Waals surface area contributed by atoms with Gasteiger partial charge < -0.3 is 15.3 Å². The van der Waals surface area contributed by atoms with Gasteiger partial charge in [-0.1, -0.05) is 61.2 Å². The number of carbonyl (C=O) groups is 3. The number of carboxylic acid groups (broad SMARTS) is 1. The monoisotopic (exact) mass is 506 g/mol. The molecule has 2 saturated heterocycles. The van der Waals surface area contributed by atoms with Crippen LogP contribution < -0.4 is 5.32 Å². The van der Waals surface area contributed by atoms with Crippen LogP contribution >= 0.6 is 35.7 Å². The summed E-state index contributed by atoms with van der Waals surface area (Å²) in [6.45, 7) is 5.15. The van der Waals surface area contributed by atoms with Crippen LogP contribution in [0.15, 0.2) is 41.6 Å². The molecule has 3 heterocycles. The standard InChI is InChI=1S/C22H26N4O4S3/c1-3-9-24-11-25(12-33-22(24)31)17(14-7-5-4-6-8-14)18(27)23-15-19(28)26-16(21(29)30)13(2)10-32-20(15)26/h4-8,15,17,20H,3,9-12H2,1-2H3,(H,23,27)(H,29,30)/t15-,17?,20-/m1/s1. The number of benzene rings is 1. The molecule has 2 N–H and O–H groups in total. The van der Waals surface area contributed by atoms with Crippen LogP contribution in [0.1, 0.15) is 31.9 Å². The summed E-state index contributed by atoms with van der Waals surface area (Å²) in [5.74, 6) is -0.689. The molecule has 2 fully saturated rings. The third-order valence-corrected chi connectivity index (χ3v) is 8.85. The van der Waals surface area contributed by atoms with Gasteiger partial charge in [0.05, 0.1) is 12.5 Å². The van der Waals surface area contributed by atoms with Gasteiger partial charge in [0.2, 0.25) is 5.91 Å². The third-order valence-electron chi connectivity index (χ3n) is 5.85. The normalized spacial score (nSPS) is 24.3. The smallest absolute Gasteiger partial charge is 0.352 e. The summed E-state index contributed by atoms with van der Waals surface area (Å²) < 4.78 is 0.826. The molecule has 2 amide bonds. The van der Waals surface area contributed by atoms with Crippen molar-refractivity contribution in [3.05, 3.63) is 47.2 Å². The molecular weight excluding hydrogens is 480 g/mol. The first kappa shape index (κ1) is 24.1. The van der Waals surface area contributed by atoms with E-state index in [4.69, 9.17) is 12.2 Å². The van der Waals surface area contributed by atoms with E-state index in [-0.39, 0.29) is 17.5 Å². The zero-order chi connectivity index (χ0) is 23.7. The van der Waals surface area contributed by atoms with Crippen molar-refractivity contribution in [2.75, 3.05) is 24.8 Å². The van der Waals surface area contributed by atoms with Gasteiger partial charge in [0.15, 0.2) is 0 Å². The molecule has 1 aromatic rings. The number of thioether (sulfide) groups is 2. The molecule has 4 rings (SSSR count). The molecule has 3 atom stereocenters. The predicted molar refractivity (Wildman–Crippen MR) is 133 cm³/mol. The minimum Gasteiger partial charge on any atom is -0.477 e. The molecule has 0 aliphatic carbocycles. The van der Waals surface area contributed by atoms with Crippen LogP contribution in [0.5, 0.6) is 0 Å². The molecule has 0 aromatic heterocycles. The quantitative estimate of drug-likeness (QED) is 0.427. The predicted octanol–water partition coefficient (Wildman–Crippen LogP) is 2.45. The van der Waals surface area contributed by atoms with Gasteiger partial charge in [-0.25, -0.2) is 4.79 Å². The highest BCUT2D eigenvalue weighted by Crippen LogP contribution is 2.40. The van der Waals surface area contributed by atoms with Crippen molar-refractivity contribution in [1.82, 2.24) is 20.0 Å². The number of aliphatic carboxylic acids is 1. The average Bonchev–Trinajstić information content (AvgIpc) is 2.80. The Morgan fingerprint density at radius 1 is 1.30 bits per heavy atom. The fraction of sp³-hybridized carbons (Fsp3) is 0.455. The molecule has 0 bridgehead atoms. The van der Waals surface area contributed by atoms with Crippen molar-refractivity contribution < 1.29 is 19.5 Å². The van der Waals surface area contributed by atoms with Crippen LogP contribution in [0.2, 0.25) is 0 Å². The van der Waals surface area contributed by atoms with Crippen molar-refractivity contribution in [3.63, 3.8) is 0 Å². The molecule has 1 unspecified atom stereocenters. The Labute approximate surface area is 206 Å². The first-order chi connectivity index (χ1) is 15.8. The summed E-state index contributed by atoms with van der Waals surface area (Å²) >= 11 is 8.49. The van der Waals surface area contributed by atoms with E-state index >= 15 is 0 Å². The lowest BCUT2D eigenvalue weighted by atomic mass is 10.0. The lowest BCUT2D eigenvalue weighted by Gasteiger charge is -2.49. The SMILES string of the molecule is CCCN1CN(C(C(=O)N[C@@H]2C(=O)N3C(C(=O)O)=C(C)CS[C@H]23)c2ccccc2)CSC1=S. The summed E-state index contributed by atoms with van der Waals surface area (Å²) in [5.41, 5.74) is 1.52. The summed E-state index contributed by atoms with van der Waals surface area (Å²) in [5, 5.41) is 12.1. The Morgan fingerprint density at radius 3 is 2.70 bits per heavy atom. The van der Waals surface area contributed by atoms with Crippen molar-refractivity contribution in [3.8, 4) is 0 Å². The summed E-state index contributed by atoms with van der Waals surface area (Å²) in [6, 6.07) is 8.16. The zero-order valence-electron chi connectivity index (χ0n) is 18.4. The van der Waals surface area contributed by atoms with Gasteiger partial charge in [0.1, 0.15) is 27.5 Å². The molecule has 33 heavy (non-hydrogen) atoms. The molecule has 8 nitrogen and oxygen atoms in total. The summed E-state index contributed by atoms with van der Waals surface area (Å²) in [4.78, 5) is 43.5.